The summed E-state index contributed by atoms with van der Waals surface area (Å²) >= 11 is 0. The molecule has 1 aromatic carbocycles. The van der Waals surface area contributed by atoms with Crippen LogP contribution in [-0.4, -0.2) is 41.1 Å². The molecule has 0 amide bonds. The number of rotatable bonds is 3. The Morgan fingerprint density at radius 3 is 2.61 bits per heavy atom. The molecule has 1 aliphatic rings. The number of nitrogens with zero attached hydrogens (tertiary/aromatic N) is 4. The van der Waals surface area contributed by atoms with E-state index in [2.05, 4.69) is 49.0 Å². The van der Waals surface area contributed by atoms with E-state index in [4.69, 9.17) is 5.73 Å². The summed E-state index contributed by atoms with van der Waals surface area (Å²) in [7, 11) is 0. The van der Waals surface area contributed by atoms with Gasteiger partial charge in [-0.15, -0.1) is 0 Å². The van der Waals surface area contributed by atoms with Crippen molar-refractivity contribution in [1.82, 2.24) is 15.0 Å². The van der Waals surface area contributed by atoms with Crippen molar-refractivity contribution in [3.63, 3.8) is 0 Å². The summed E-state index contributed by atoms with van der Waals surface area (Å²) in [6.07, 6.45) is 1.85. The number of nitrogens with two attached hydrogens (primary N) is 1. The van der Waals surface area contributed by atoms with Gasteiger partial charge in [0.2, 0.25) is 0 Å². The molecule has 0 unspecified atom stereocenters. The maximum Gasteiger partial charge on any atom is 0.128 e. The van der Waals surface area contributed by atoms with Crippen LogP contribution >= 0.6 is 0 Å². The summed E-state index contributed by atoms with van der Waals surface area (Å²) in [4.78, 5) is 16.9. The molecule has 1 aliphatic heterocycles. The molecule has 4 rings (SSSR count). The smallest absolute Gasteiger partial charge is 0.128 e. The molecular formula is C17H20N6. The van der Waals surface area contributed by atoms with Gasteiger partial charge in [-0.2, -0.15) is 0 Å². The highest BCUT2D eigenvalue weighted by molar-refractivity contribution is 5.79. The van der Waals surface area contributed by atoms with Crippen molar-refractivity contribution >= 4 is 22.5 Å². The standard InChI is InChI=1S/C17H20N6/c18-12-16-20-14-5-4-13(11-15(14)21-16)22-7-9-23(10-8-22)17-3-1-2-6-19-17/h1-6,11H,7-10,12,18H2,(H,20,21). The molecule has 1 fully saturated rings. The van der Waals surface area contributed by atoms with E-state index in [1.807, 2.05) is 18.3 Å². The fourth-order valence-electron chi connectivity index (χ4n) is 3.08. The summed E-state index contributed by atoms with van der Waals surface area (Å²) in [6, 6.07) is 12.4. The molecule has 23 heavy (non-hydrogen) atoms. The van der Waals surface area contributed by atoms with E-state index in [1.54, 1.807) is 0 Å². The van der Waals surface area contributed by atoms with Crippen LogP contribution in [0.2, 0.25) is 0 Å². The van der Waals surface area contributed by atoms with Gasteiger partial charge in [-0.3, -0.25) is 0 Å². The van der Waals surface area contributed by atoms with Gasteiger partial charge in [-0.25, -0.2) is 9.97 Å². The van der Waals surface area contributed by atoms with E-state index in [0.29, 0.717) is 6.54 Å². The molecule has 6 heteroatoms. The van der Waals surface area contributed by atoms with Gasteiger partial charge in [0, 0.05) is 38.1 Å². The van der Waals surface area contributed by atoms with Crippen molar-refractivity contribution in [2.75, 3.05) is 36.0 Å². The number of hydrogen-bond donors (Lipinski definition) is 2. The quantitative estimate of drug-likeness (QED) is 0.771. The van der Waals surface area contributed by atoms with Crippen molar-refractivity contribution in [3.8, 4) is 0 Å². The van der Waals surface area contributed by atoms with Crippen molar-refractivity contribution in [2.24, 2.45) is 5.73 Å². The molecule has 0 spiro atoms. The minimum absolute atomic E-state index is 0.437. The number of piperazine rings is 1. The third-order valence-electron chi connectivity index (χ3n) is 4.33. The average molecular weight is 308 g/mol. The predicted molar refractivity (Wildman–Crippen MR) is 92.6 cm³/mol. The number of pyridine rings is 1. The molecule has 0 radical (unpaired) electrons. The number of anilines is 2. The Balaban J connectivity index is 1.49. The number of aromatic amines is 1. The van der Waals surface area contributed by atoms with E-state index in [0.717, 1.165) is 48.9 Å². The number of benzene rings is 1. The van der Waals surface area contributed by atoms with Crippen LogP contribution in [-0.2, 0) is 6.54 Å². The summed E-state index contributed by atoms with van der Waals surface area (Å²) < 4.78 is 0. The Kier molecular flexibility index (Phi) is 3.59. The van der Waals surface area contributed by atoms with Crippen molar-refractivity contribution in [2.45, 2.75) is 6.54 Å². The molecule has 3 N–H and O–H groups in total. The van der Waals surface area contributed by atoms with Gasteiger partial charge in [0.1, 0.15) is 11.6 Å². The molecule has 118 valence electrons. The van der Waals surface area contributed by atoms with Crippen LogP contribution in [0.4, 0.5) is 11.5 Å². The third-order valence-corrected chi connectivity index (χ3v) is 4.33. The van der Waals surface area contributed by atoms with Gasteiger partial charge in [0.05, 0.1) is 17.6 Å². The van der Waals surface area contributed by atoms with E-state index >= 15 is 0 Å². The molecule has 2 aromatic heterocycles. The van der Waals surface area contributed by atoms with Crippen LogP contribution in [0.15, 0.2) is 42.6 Å². The Morgan fingerprint density at radius 2 is 1.87 bits per heavy atom. The molecule has 1 saturated heterocycles. The molecule has 0 bridgehead atoms. The summed E-state index contributed by atoms with van der Waals surface area (Å²) in [5.74, 6) is 1.89. The van der Waals surface area contributed by atoms with Crippen LogP contribution in [0, 0.1) is 0 Å². The van der Waals surface area contributed by atoms with Crippen molar-refractivity contribution in [3.05, 3.63) is 48.4 Å². The molecular weight excluding hydrogens is 288 g/mol. The third kappa shape index (κ3) is 2.73. The zero-order chi connectivity index (χ0) is 15.6. The molecule has 6 nitrogen and oxygen atoms in total. The Morgan fingerprint density at radius 1 is 1.04 bits per heavy atom. The van der Waals surface area contributed by atoms with Crippen molar-refractivity contribution in [1.29, 1.82) is 0 Å². The highest BCUT2D eigenvalue weighted by atomic mass is 15.3. The van der Waals surface area contributed by atoms with Crippen LogP contribution in [0.25, 0.3) is 11.0 Å². The average Bonchev–Trinajstić information content (AvgIpc) is 3.05. The number of aromatic nitrogens is 3. The largest absolute Gasteiger partial charge is 0.368 e. The van der Waals surface area contributed by atoms with Gasteiger partial charge < -0.3 is 20.5 Å². The molecule has 3 aromatic rings. The lowest BCUT2D eigenvalue weighted by Crippen LogP contribution is -2.46. The summed E-state index contributed by atoms with van der Waals surface area (Å²) in [6.45, 7) is 4.37. The molecule has 0 saturated carbocycles. The van der Waals surface area contributed by atoms with E-state index in [9.17, 15) is 0 Å². The van der Waals surface area contributed by atoms with Gasteiger partial charge >= 0.3 is 0 Å². The Hall–Kier alpha value is -2.60. The van der Waals surface area contributed by atoms with Crippen LogP contribution < -0.4 is 15.5 Å². The predicted octanol–water partition coefficient (Wildman–Crippen LogP) is 1.74. The highest BCUT2D eigenvalue weighted by Crippen LogP contribution is 2.23. The lowest BCUT2D eigenvalue weighted by molar-refractivity contribution is 0.648. The first kappa shape index (κ1) is 14.0. The first-order valence-electron chi connectivity index (χ1n) is 7.93. The second-order valence-electron chi connectivity index (χ2n) is 5.75. The van der Waals surface area contributed by atoms with Gasteiger partial charge in [-0.05, 0) is 30.3 Å². The summed E-state index contributed by atoms with van der Waals surface area (Å²) in [5.41, 5.74) is 8.90. The maximum atomic E-state index is 5.65. The van der Waals surface area contributed by atoms with Crippen LogP contribution in [0.1, 0.15) is 5.82 Å². The fourth-order valence-corrected chi connectivity index (χ4v) is 3.08. The van der Waals surface area contributed by atoms with Gasteiger partial charge in [0.25, 0.3) is 0 Å². The SMILES string of the molecule is NCc1nc2ccc(N3CCN(c4ccccn4)CC3)cc2[nH]1. The first-order chi connectivity index (χ1) is 11.3. The van der Waals surface area contributed by atoms with E-state index < -0.39 is 0 Å². The number of fused-ring (bicyclic) bond motifs is 1. The van der Waals surface area contributed by atoms with Crippen LogP contribution in [0.5, 0.6) is 0 Å². The number of hydrogen-bond acceptors (Lipinski definition) is 5. The monoisotopic (exact) mass is 308 g/mol. The Labute approximate surface area is 134 Å². The number of nitrogens with one attached hydrogen (secondary N) is 1. The summed E-state index contributed by atoms with van der Waals surface area (Å²) in [5, 5.41) is 0. The maximum absolute atomic E-state index is 5.65. The minimum atomic E-state index is 0.437. The lowest BCUT2D eigenvalue weighted by atomic mass is 10.2. The Bertz CT molecular complexity index is 789. The second-order valence-corrected chi connectivity index (χ2v) is 5.75. The fraction of sp³-hybridized carbons (Fsp3) is 0.294. The first-order valence-corrected chi connectivity index (χ1v) is 7.93. The molecule has 0 atom stereocenters. The molecule has 3 heterocycles. The zero-order valence-electron chi connectivity index (χ0n) is 12.9. The van der Waals surface area contributed by atoms with Crippen molar-refractivity contribution < 1.29 is 0 Å². The van der Waals surface area contributed by atoms with Crippen LogP contribution in [0.3, 0.4) is 0 Å². The van der Waals surface area contributed by atoms with Gasteiger partial charge in [-0.1, -0.05) is 6.07 Å². The van der Waals surface area contributed by atoms with E-state index in [1.165, 1.54) is 5.69 Å². The normalized spacial score (nSPS) is 15.3. The highest BCUT2D eigenvalue weighted by Gasteiger charge is 2.18. The zero-order valence-corrected chi connectivity index (χ0v) is 12.9. The lowest BCUT2D eigenvalue weighted by Gasteiger charge is -2.36. The minimum Gasteiger partial charge on any atom is -0.368 e. The topological polar surface area (TPSA) is 74.1 Å². The van der Waals surface area contributed by atoms with Gasteiger partial charge in [0.15, 0.2) is 0 Å². The van der Waals surface area contributed by atoms with E-state index in [-0.39, 0.29) is 0 Å². The second kappa shape index (κ2) is 5.89. The number of H-pyrrole nitrogens is 1. The molecule has 0 aliphatic carbocycles. The number of imidazole rings is 1.